The molecule has 0 fully saturated rings. The highest BCUT2D eigenvalue weighted by atomic mass is 16.5. The standard InChI is InChI=1S/C64H120O6/c1-6-11-15-18-21-22-23-24-25-26-27-28-31-38-45-54-63(66)69-57-60(49-41-34-29-19-16-12-7-2)52-44-37-33-40-47-55-64(67)70-58-61(50-42-35-30-20-17-13-8-3)51-43-36-32-39-46-53-62(65)68-56-59(10-5)48-14-9-4/h41,49,51,59-60H,6-40,42-48,50,52-58H2,1-5H3/b49-41+,61-51?. The van der Waals surface area contributed by atoms with Crippen molar-refractivity contribution in [2.45, 2.75) is 336 Å². The van der Waals surface area contributed by atoms with Crippen LogP contribution in [-0.2, 0) is 28.6 Å². The van der Waals surface area contributed by atoms with Gasteiger partial charge in [0.25, 0.3) is 0 Å². The van der Waals surface area contributed by atoms with Gasteiger partial charge in [0.15, 0.2) is 0 Å². The highest BCUT2D eigenvalue weighted by Crippen LogP contribution is 2.20. The van der Waals surface area contributed by atoms with E-state index in [2.05, 4.69) is 52.8 Å². The maximum Gasteiger partial charge on any atom is 0.306 e. The molecule has 0 rings (SSSR count). The van der Waals surface area contributed by atoms with Crippen LogP contribution in [0.3, 0.4) is 0 Å². The van der Waals surface area contributed by atoms with E-state index < -0.39 is 0 Å². The summed E-state index contributed by atoms with van der Waals surface area (Å²) in [5.41, 5.74) is 1.27. The zero-order chi connectivity index (χ0) is 51.1. The Balaban J connectivity index is 4.54. The number of hydrogen-bond acceptors (Lipinski definition) is 6. The van der Waals surface area contributed by atoms with Gasteiger partial charge in [-0.2, -0.15) is 0 Å². The zero-order valence-electron chi connectivity index (χ0n) is 47.7. The third-order valence-electron chi connectivity index (χ3n) is 14.6. The van der Waals surface area contributed by atoms with E-state index in [9.17, 15) is 14.4 Å². The molecule has 6 heteroatoms. The Labute approximate surface area is 436 Å². The van der Waals surface area contributed by atoms with Crippen molar-refractivity contribution in [1.29, 1.82) is 0 Å². The maximum absolute atomic E-state index is 12.8. The number of carbonyl (C=O) groups excluding carboxylic acids is 3. The van der Waals surface area contributed by atoms with E-state index in [0.717, 1.165) is 116 Å². The van der Waals surface area contributed by atoms with Crippen molar-refractivity contribution < 1.29 is 28.6 Å². The first-order valence-corrected chi connectivity index (χ1v) is 31.2. The van der Waals surface area contributed by atoms with Gasteiger partial charge in [-0.15, -0.1) is 0 Å². The molecular formula is C64H120O6. The van der Waals surface area contributed by atoms with E-state index in [4.69, 9.17) is 14.2 Å². The van der Waals surface area contributed by atoms with Crippen molar-refractivity contribution in [3.8, 4) is 0 Å². The Hall–Kier alpha value is -2.11. The number of carbonyl (C=O) groups is 3. The Morgan fingerprint density at radius 2 is 0.729 bits per heavy atom. The van der Waals surface area contributed by atoms with E-state index in [1.54, 1.807) is 0 Å². The molecule has 0 aliphatic carbocycles. The van der Waals surface area contributed by atoms with Crippen LogP contribution in [0.5, 0.6) is 0 Å². The number of unbranched alkanes of at least 4 members (excludes halogenated alkanes) is 34. The van der Waals surface area contributed by atoms with Crippen LogP contribution in [0.25, 0.3) is 0 Å². The minimum Gasteiger partial charge on any atom is -0.465 e. The molecule has 0 amide bonds. The fourth-order valence-electron chi connectivity index (χ4n) is 9.55. The molecule has 0 aromatic heterocycles. The molecule has 0 N–H and O–H groups in total. The van der Waals surface area contributed by atoms with E-state index in [-0.39, 0.29) is 23.8 Å². The van der Waals surface area contributed by atoms with Gasteiger partial charge in [0.2, 0.25) is 0 Å². The second-order valence-electron chi connectivity index (χ2n) is 21.5. The Kier molecular flexibility index (Phi) is 54.5. The highest BCUT2D eigenvalue weighted by Gasteiger charge is 2.12. The molecule has 0 bridgehead atoms. The predicted octanol–water partition coefficient (Wildman–Crippen LogP) is 20.8. The molecule has 70 heavy (non-hydrogen) atoms. The van der Waals surface area contributed by atoms with Crippen LogP contribution in [0, 0.1) is 11.8 Å². The molecule has 0 saturated heterocycles. The van der Waals surface area contributed by atoms with Gasteiger partial charge in [0.05, 0.1) is 13.2 Å². The van der Waals surface area contributed by atoms with Crippen LogP contribution in [-0.4, -0.2) is 37.7 Å². The van der Waals surface area contributed by atoms with Crippen molar-refractivity contribution in [3.05, 3.63) is 23.8 Å². The lowest BCUT2D eigenvalue weighted by atomic mass is 9.99. The zero-order valence-corrected chi connectivity index (χ0v) is 47.7. The quantitative estimate of drug-likeness (QED) is 0.0261. The summed E-state index contributed by atoms with van der Waals surface area (Å²) in [4.78, 5) is 37.8. The number of rotatable bonds is 56. The number of ether oxygens (including phenoxy) is 3. The smallest absolute Gasteiger partial charge is 0.306 e. The minimum absolute atomic E-state index is 0.0273. The van der Waals surface area contributed by atoms with Gasteiger partial charge in [0.1, 0.15) is 6.61 Å². The summed E-state index contributed by atoms with van der Waals surface area (Å²) >= 11 is 0. The molecule has 0 saturated carbocycles. The normalized spacial score (nSPS) is 12.7. The van der Waals surface area contributed by atoms with Gasteiger partial charge in [0, 0.05) is 25.2 Å². The molecule has 0 aromatic rings. The third-order valence-corrected chi connectivity index (χ3v) is 14.6. The lowest BCUT2D eigenvalue weighted by Gasteiger charge is -2.14. The van der Waals surface area contributed by atoms with Gasteiger partial charge in [-0.25, -0.2) is 0 Å². The SMILES string of the molecule is CCCCCCC/C=C/C(CCCCCCCC(=O)OCC(=CCCCCCCC(=O)OCC(CC)CCCC)CCCCCCCCC)COC(=O)CCCCCCCCCCCCCCCCC. The summed E-state index contributed by atoms with van der Waals surface area (Å²) in [6.45, 7) is 12.7. The Morgan fingerprint density at radius 3 is 1.19 bits per heavy atom. The summed E-state index contributed by atoms with van der Waals surface area (Å²) in [5, 5.41) is 0. The van der Waals surface area contributed by atoms with Crippen molar-refractivity contribution in [3.63, 3.8) is 0 Å². The maximum atomic E-state index is 12.8. The largest absolute Gasteiger partial charge is 0.465 e. The van der Waals surface area contributed by atoms with Gasteiger partial charge < -0.3 is 14.2 Å². The second kappa shape index (κ2) is 56.2. The van der Waals surface area contributed by atoms with E-state index in [0.29, 0.717) is 45.0 Å². The van der Waals surface area contributed by atoms with Crippen molar-refractivity contribution >= 4 is 17.9 Å². The van der Waals surface area contributed by atoms with Crippen molar-refractivity contribution in [1.82, 2.24) is 0 Å². The van der Waals surface area contributed by atoms with Crippen LogP contribution in [0.4, 0.5) is 0 Å². The fraction of sp³-hybridized carbons (Fsp3) is 0.891. The Bertz CT molecular complexity index is 1180. The first-order valence-electron chi connectivity index (χ1n) is 31.2. The summed E-state index contributed by atoms with van der Waals surface area (Å²) in [7, 11) is 0. The summed E-state index contributed by atoms with van der Waals surface area (Å²) < 4.78 is 17.3. The van der Waals surface area contributed by atoms with Crippen LogP contribution < -0.4 is 0 Å². The average Bonchev–Trinajstić information content (AvgIpc) is 3.36. The molecule has 0 aliphatic heterocycles. The van der Waals surface area contributed by atoms with Crippen LogP contribution >= 0.6 is 0 Å². The average molecular weight is 986 g/mol. The highest BCUT2D eigenvalue weighted by molar-refractivity contribution is 5.70. The Morgan fingerprint density at radius 1 is 0.357 bits per heavy atom. The van der Waals surface area contributed by atoms with E-state index >= 15 is 0 Å². The molecule has 2 atom stereocenters. The summed E-state index contributed by atoms with van der Waals surface area (Å²) in [6, 6.07) is 0. The molecule has 0 heterocycles. The molecule has 6 nitrogen and oxygen atoms in total. The monoisotopic (exact) mass is 985 g/mol. The van der Waals surface area contributed by atoms with Gasteiger partial charge in [-0.3, -0.25) is 14.4 Å². The first kappa shape index (κ1) is 67.9. The molecule has 0 spiro atoms. The second-order valence-corrected chi connectivity index (χ2v) is 21.5. The molecule has 0 aliphatic rings. The van der Waals surface area contributed by atoms with Crippen LogP contribution in [0.2, 0.25) is 0 Å². The van der Waals surface area contributed by atoms with Crippen LogP contribution in [0.15, 0.2) is 23.8 Å². The minimum atomic E-state index is -0.0703. The third kappa shape index (κ3) is 50.8. The number of allylic oxidation sites excluding steroid dienone is 2. The summed E-state index contributed by atoms with van der Waals surface area (Å²) in [5.74, 6) is 0.643. The van der Waals surface area contributed by atoms with Crippen LogP contribution in [0.1, 0.15) is 336 Å². The van der Waals surface area contributed by atoms with E-state index in [1.165, 1.54) is 173 Å². The molecule has 0 aromatic carbocycles. The topological polar surface area (TPSA) is 78.9 Å². The van der Waals surface area contributed by atoms with E-state index in [1.807, 2.05) is 0 Å². The molecule has 0 radical (unpaired) electrons. The van der Waals surface area contributed by atoms with Gasteiger partial charge in [-0.05, 0) is 82.1 Å². The van der Waals surface area contributed by atoms with Gasteiger partial charge >= 0.3 is 17.9 Å². The first-order chi connectivity index (χ1) is 34.4. The predicted molar refractivity (Wildman–Crippen MR) is 302 cm³/mol. The summed E-state index contributed by atoms with van der Waals surface area (Å²) in [6.07, 6.45) is 62.1. The molecule has 2 unspecified atom stereocenters. The number of hydrogen-bond donors (Lipinski definition) is 0. The molecule has 412 valence electrons. The van der Waals surface area contributed by atoms with Crippen molar-refractivity contribution in [2.75, 3.05) is 19.8 Å². The van der Waals surface area contributed by atoms with Crippen molar-refractivity contribution in [2.24, 2.45) is 11.8 Å². The molecular weight excluding hydrogens is 865 g/mol. The van der Waals surface area contributed by atoms with Gasteiger partial charge in [-0.1, -0.05) is 265 Å². The lowest BCUT2D eigenvalue weighted by Crippen LogP contribution is -2.13. The number of esters is 3. The lowest BCUT2D eigenvalue weighted by molar-refractivity contribution is -0.146. The fourth-order valence-corrected chi connectivity index (χ4v) is 9.55.